The lowest BCUT2D eigenvalue weighted by Gasteiger charge is -1.99. The van der Waals surface area contributed by atoms with Crippen molar-refractivity contribution in [2.75, 3.05) is 0 Å². The average molecular weight is 286 g/mol. The Labute approximate surface area is 122 Å². The molecule has 5 heteroatoms. The first-order chi connectivity index (χ1) is 9.76. The van der Waals surface area contributed by atoms with Crippen molar-refractivity contribution < 1.29 is 0 Å². The van der Waals surface area contributed by atoms with Crippen LogP contribution in [0.5, 0.6) is 0 Å². The molecule has 0 saturated carbocycles. The fraction of sp³-hybridized carbons (Fsp3) is 0.333. The van der Waals surface area contributed by atoms with Crippen molar-refractivity contribution in [1.82, 2.24) is 20.2 Å². The molecule has 20 heavy (non-hydrogen) atoms. The first kappa shape index (κ1) is 13.1. The number of hydrogen-bond acceptors (Lipinski definition) is 3. The van der Waals surface area contributed by atoms with E-state index in [0.29, 0.717) is 0 Å². The summed E-state index contributed by atoms with van der Waals surface area (Å²) in [4.78, 5) is 10.5. The van der Waals surface area contributed by atoms with Crippen molar-refractivity contribution in [3.8, 4) is 11.4 Å². The van der Waals surface area contributed by atoms with Crippen LogP contribution in [0, 0.1) is 6.92 Å². The van der Waals surface area contributed by atoms with E-state index in [1.54, 1.807) is 0 Å². The highest BCUT2D eigenvalue weighted by Crippen LogP contribution is 2.24. The minimum absolute atomic E-state index is 0.873. The van der Waals surface area contributed by atoms with Gasteiger partial charge in [0.05, 0.1) is 17.5 Å². The predicted octanol–water partition coefficient (Wildman–Crippen LogP) is 3.71. The van der Waals surface area contributed by atoms with Gasteiger partial charge in [0.1, 0.15) is 5.82 Å². The van der Waals surface area contributed by atoms with Gasteiger partial charge in [-0.15, -0.1) is 11.3 Å². The number of thiophene rings is 1. The van der Waals surface area contributed by atoms with Crippen LogP contribution in [0.25, 0.3) is 11.4 Å². The van der Waals surface area contributed by atoms with Gasteiger partial charge in [-0.3, -0.25) is 5.10 Å². The van der Waals surface area contributed by atoms with Gasteiger partial charge in [-0.2, -0.15) is 5.10 Å². The van der Waals surface area contributed by atoms with Gasteiger partial charge >= 0.3 is 0 Å². The Bertz CT molecular complexity index is 692. The highest BCUT2D eigenvalue weighted by atomic mass is 32.1. The lowest BCUT2D eigenvalue weighted by atomic mass is 10.1. The molecule has 0 fully saturated rings. The summed E-state index contributed by atoms with van der Waals surface area (Å²) in [5.41, 5.74) is 3.37. The van der Waals surface area contributed by atoms with E-state index in [2.05, 4.69) is 46.1 Å². The molecule has 0 aliphatic rings. The van der Waals surface area contributed by atoms with Gasteiger partial charge in [0.25, 0.3) is 0 Å². The Morgan fingerprint density at radius 3 is 2.90 bits per heavy atom. The van der Waals surface area contributed by atoms with E-state index < -0.39 is 0 Å². The van der Waals surface area contributed by atoms with Gasteiger partial charge in [0, 0.05) is 28.1 Å². The Morgan fingerprint density at radius 1 is 1.25 bits per heavy atom. The summed E-state index contributed by atoms with van der Waals surface area (Å²) in [5, 5.41) is 7.28. The van der Waals surface area contributed by atoms with Crippen LogP contribution in [0.2, 0.25) is 0 Å². The minimum atomic E-state index is 0.873. The van der Waals surface area contributed by atoms with Crippen LogP contribution in [-0.4, -0.2) is 20.2 Å². The number of imidazole rings is 1. The number of aromatic amines is 2. The number of rotatable bonds is 5. The molecule has 0 amide bonds. The molecule has 3 aromatic rings. The van der Waals surface area contributed by atoms with Gasteiger partial charge in [-0.1, -0.05) is 13.3 Å². The Kier molecular flexibility index (Phi) is 3.69. The fourth-order valence-electron chi connectivity index (χ4n) is 2.30. The summed E-state index contributed by atoms with van der Waals surface area (Å²) in [6.07, 6.45) is 6.80. The number of H-pyrrole nitrogens is 2. The van der Waals surface area contributed by atoms with Crippen molar-refractivity contribution in [2.24, 2.45) is 0 Å². The maximum atomic E-state index is 4.47. The zero-order valence-electron chi connectivity index (χ0n) is 11.7. The monoisotopic (exact) mass is 286 g/mol. The molecule has 0 spiro atoms. The normalized spacial score (nSPS) is 11.1. The summed E-state index contributed by atoms with van der Waals surface area (Å²) < 4.78 is 0. The Morgan fingerprint density at radius 2 is 2.15 bits per heavy atom. The molecule has 0 atom stereocenters. The smallest absolute Gasteiger partial charge is 0.140 e. The number of aryl methyl sites for hydroxylation is 2. The standard InChI is InChI=1S/C15H18N4S/c1-3-4-11-8-16-15(18-11)13-9-17-19-14(13)7-12-6-5-10(2)20-12/h5-6,8-9H,3-4,7H2,1-2H3,(H,16,18)(H,17,19). The fourth-order valence-corrected chi connectivity index (χ4v) is 3.20. The van der Waals surface area contributed by atoms with Crippen molar-refractivity contribution in [1.29, 1.82) is 0 Å². The van der Waals surface area contributed by atoms with Gasteiger partial charge in [0.2, 0.25) is 0 Å². The van der Waals surface area contributed by atoms with Crippen molar-refractivity contribution in [3.63, 3.8) is 0 Å². The molecule has 0 aliphatic heterocycles. The first-order valence-corrected chi connectivity index (χ1v) is 7.69. The third kappa shape index (κ3) is 2.67. The molecule has 0 aliphatic carbocycles. The van der Waals surface area contributed by atoms with E-state index in [9.17, 15) is 0 Å². The van der Waals surface area contributed by atoms with Gasteiger partial charge < -0.3 is 4.98 Å². The van der Waals surface area contributed by atoms with Gasteiger partial charge in [0.15, 0.2) is 0 Å². The van der Waals surface area contributed by atoms with E-state index in [0.717, 1.165) is 36.3 Å². The van der Waals surface area contributed by atoms with E-state index in [-0.39, 0.29) is 0 Å². The third-order valence-corrected chi connectivity index (χ3v) is 4.27. The molecule has 104 valence electrons. The van der Waals surface area contributed by atoms with Crippen molar-refractivity contribution in [2.45, 2.75) is 33.1 Å². The zero-order chi connectivity index (χ0) is 13.9. The first-order valence-electron chi connectivity index (χ1n) is 6.88. The lowest BCUT2D eigenvalue weighted by molar-refractivity contribution is 0.893. The van der Waals surface area contributed by atoms with Crippen LogP contribution < -0.4 is 0 Å². The number of aromatic nitrogens is 4. The zero-order valence-corrected chi connectivity index (χ0v) is 12.5. The second-order valence-corrected chi connectivity index (χ2v) is 6.33. The van der Waals surface area contributed by atoms with Crippen LogP contribution in [0.15, 0.2) is 24.5 Å². The van der Waals surface area contributed by atoms with Crippen LogP contribution in [0.4, 0.5) is 0 Å². The molecule has 0 saturated heterocycles. The summed E-state index contributed by atoms with van der Waals surface area (Å²) in [6, 6.07) is 4.33. The van der Waals surface area contributed by atoms with Crippen LogP contribution >= 0.6 is 11.3 Å². The maximum absolute atomic E-state index is 4.47. The SMILES string of the molecule is CCCc1cnc(-c2cn[nH]c2Cc2ccc(C)s2)[nH]1. The molecule has 3 rings (SSSR count). The molecule has 0 bridgehead atoms. The van der Waals surface area contributed by atoms with Gasteiger partial charge in [-0.05, 0) is 25.5 Å². The number of nitrogens with one attached hydrogen (secondary N) is 2. The summed E-state index contributed by atoms with van der Waals surface area (Å²) in [5.74, 6) is 0.908. The molecular weight excluding hydrogens is 268 g/mol. The average Bonchev–Trinajstić information content (AvgIpc) is 3.12. The molecule has 2 N–H and O–H groups in total. The van der Waals surface area contributed by atoms with Crippen LogP contribution in [0.3, 0.4) is 0 Å². The highest BCUT2D eigenvalue weighted by molar-refractivity contribution is 7.11. The molecule has 0 aromatic carbocycles. The minimum Gasteiger partial charge on any atom is -0.342 e. The van der Waals surface area contributed by atoms with E-state index in [1.807, 2.05) is 23.7 Å². The number of hydrogen-bond donors (Lipinski definition) is 2. The molecular formula is C15H18N4S. The van der Waals surface area contributed by atoms with E-state index in [1.165, 1.54) is 15.4 Å². The topological polar surface area (TPSA) is 57.4 Å². The summed E-state index contributed by atoms with van der Waals surface area (Å²) >= 11 is 1.82. The molecule has 0 radical (unpaired) electrons. The lowest BCUT2D eigenvalue weighted by Crippen LogP contribution is -1.90. The van der Waals surface area contributed by atoms with Crippen LogP contribution in [0.1, 0.15) is 34.5 Å². The second kappa shape index (κ2) is 5.63. The van der Waals surface area contributed by atoms with E-state index >= 15 is 0 Å². The quantitative estimate of drug-likeness (QED) is 0.751. The molecule has 0 unspecified atom stereocenters. The third-order valence-electron chi connectivity index (χ3n) is 3.27. The maximum Gasteiger partial charge on any atom is 0.140 e. The summed E-state index contributed by atoms with van der Waals surface area (Å²) in [7, 11) is 0. The molecule has 3 aromatic heterocycles. The van der Waals surface area contributed by atoms with E-state index in [4.69, 9.17) is 0 Å². The predicted molar refractivity (Wildman–Crippen MR) is 82.0 cm³/mol. The van der Waals surface area contributed by atoms with Crippen molar-refractivity contribution >= 4 is 11.3 Å². The number of nitrogens with zero attached hydrogens (tertiary/aromatic N) is 2. The second-order valence-electron chi connectivity index (χ2n) is 4.96. The summed E-state index contributed by atoms with van der Waals surface area (Å²) in [6.45, 7) is 4.30. The van der Waals surface area contributed by atoms with Gasteiger partial charge in [-0.25, -0.2) is 4.98 Å². The molecule has 3 heterocycles. The van der Waals surface area contributed by atoms with Crippen molar-refractivity contribution in [3.05, 3.63) is 45.7 Å². The Balaban J connectivity index is 1.85. The molecule has 4 nitrogen and oxygen atoms in total. The Hall–Kier alpha value is -1.88. The largest absolute Gasteiger partial charge is 0.342 e. The highest BCUT2D eigenvalue weighted by Gasteiger charge is 2.12. The van der Waals surface area contributed by atoms with Crippen LogP contribution in [-0.2, 0) is 12.8 Å².